The molecule has 0 unspecified atom stereocenters. The molecule has 1 aromatic heterocycles. The van der Waals surface area contributed by atoms with Gasteiger partial charge in [-0.2, -0.15) is 0 Å². The third kappa shape index (κ3) is 7.10. The summed E-state index contributed by atoms with van der Waals surface area (Å²) in [4.78, 5) is 29.5. The maximum Gasteiger partial charge on any atom is 0.416 e. The molecule has 0 spiro atoms. The van der Waals surface area contributed by atoms with Crippen LogP contribution in [0, 0.1) is 13.8 Å². The van der Waals surface area contributed by atoms with Crippen molar-refractivity contribution >= 4 is 12.1 Å². The van der Waals surface area contributed by atoms with Crippen molar-refractivity contribution < 1.29 is 28.6 Å². The summed E-state index contributed by atoms with van der Waals surface area (Å²) < 4.78 is 16.7. The van der Waals surface area contributed by atoms with Crippen molar-refractivity contribution in [3.05, 3.63) is 77.0 Å². The first kappa shape index (κ1) is 24.8. The van der Waals surface area contributed by atoms with Crippen LogP contribution in [0.3, 0.4) is 0 Å². The topological polar surface area (TPSA) is 102 Å². The van der Waals surface area contributed by atoms with Crippen LogP contribution in [0.2, 0.25) is 0 Å². The third-order valence-corrected chi connectivity index (χ3v) is 5.22. The summed E-state index contributed by atoms with van der Waals surface area (Å²) in [6.07, 6.45) is -0.0943. The van der Waals surface area contributed by atoms with Crippen LogP contribution in [-0.2, 0) is 17.8 Å². The van der Waals surface area contributed by atoms with E-state index in [2.05, 4.69) is 4.98 Å². The molecule has 0 bridgehead atoms. The lowest BCUT2D eigenvalue weighted by Crippen LogP contribution is -2.37. The van der Waals surface area contributed by atoms with Gasteiger partial charge in [0, 0.05) is 19.9 Å². The number of rotatable bonds is 10. The number of nitrogens with zero attached hydrogens (tertiary/aromatic N) is 2. The fraction of sp³-hybridized carbons (Fsp3) is 0.346. The van der Waals surface area contributed by atoms with Gasteiger partial charge < -0.3 is 19.0 Å². The number of aliphatic carboxylic acids is 1. The van der Waals surface area contributed by atoms with Crippen LogP contribution in [0.15, 0.2) is 52.9 Å². The third-order valence-electron chi connectivity index (χ3n) is 5.22. The fourth-order valence-corrected chi connectivity index (χ4v) is 3.43. The van der Waals surface area contributed by atoms with Gasteiger partial charge in [-0.05, 0) is 48.2 Å². The van der Waals surface area contributed by atoms with Gasteiger partial charge in [0.15, 0.2) is 5.89 Å². The number of carboxylic acid groups (broad SMARTS) is 1. The second-order valence-electron chi connectivity index (χ2n) is 8.32. The van der Waals surface area contributed by atoms with Gasteiger partial charge in [-0.25, -0.2) is 9.78 Å². The number of aromatic nitrogens is 1. The molecule has 0 aliphatic carbocycles. The Labute approximate surface area is 199 Å². The lowest BCUT2D eigenvalue weighted by atomic mass is 10.0. The van der Waals surface area contributed by atoms with Crippen molar-refractivity contribution in [3.63, 3.8) is 0 Å². The van der Waals surface area contributed by atoms with Crippen LogP contribution in [0.25, 0.3) is 0 Å². The highest BCUT2D eigenvalue weighted by atomic mass is 16.6. The molecule has 8 nitrogen and oxygen atoms in total. The van der Waals surface area contributed by atoms with Gasteiger partial charge in [0.1, 0.15) is 23.8 Å². The van der Waals surface area contributed by atoms with Crippen LogP contribution < -0.4 is 9.47 Å². The monoisotopic (exact) mass is 466 g/mol. The second kappa shape index (κ2) is 11.4. The van der Waals surface area contributed by atoms with E-state index in [0.29, 0.717) is 30.4 Å². The summed E-state index contributed by atoms with van der Waals surface area (Å²) in [5.41, 5.74) is 2.65. The van der Waals surface area contributed by atoms with E-state index in [1.54, 1.807) is 36.4 Å². The zero-order valence-corrected chi connectivity index (χ0v) is 19.9. The number of hydrogen-bond acceptors (Lipinski definition) is 6. The number of carboxylic acids is 1. The van der Waals surface area contributed by atoms with E-state index in [1.807, 2.05) is 39.8 Å². The molecule has 34 heavy (non-hydrogen) atoms. The lowest BCUT2D eigenvalue weighted by molar-refractivity contribution is -0.138. The largest absolute Gasteiger partial charge is 0.493 e. The quantitative estimate of drug-likeness (QED) is 0.442. The van der Waals surface area contributed by atoms with Crippen LogP contribution in [-0.4, -0.2) is 40.2 Å². The normalized spacial score (nSPS) is 10.9. The van der Waals surface area contributed by atoms with Crippen LogP contribution in [0.1, 0.15) is 48.2 Å². The van der Waals surface area contributed by atoms with Crippen LogP contribution in [0.5, 0.6) is 11.5 Å². The molecule has 0 saturated carbocycles. The zero-order chi connectivity index (χ0) is 24.7. The molecule has 8 heteroatoms. The van der Waals surface area contributed by atoms with Gasteiger partial charge in [0.2, 0.25) is 0 Å². The fourth-order valence-electron chi connectivity index (χ4n) is 3.43. The standard InChI is InChI=1S/C26H30N2O6/c1-17(2)21-6-5-7-23(14-21)34-26(31)28(16-25(29)30)15-20-8-10-22(11-9-20)32-13-12-24-18(3)33-19(4)27-24/h5-11,14,17H,12-13,15-16H2,1-4H3,(H,29,30). The summed E-state index contributed by atoms with van der Waals surface area (Å²) in [6, 6.07) is 14.4. The second-order valence-corrected chi connectivity index (χ2v) is 8.32. The van der Waals surface area contributed by atoms with Crippen LogP contribution >= 0.6 is 0 Å². The molecule has 0 atom stereocenters. The van der Waals surface area contributed by atoms with E-state index in [-0.39, 0.29) is 12.5 Å². The summed E-state index contributed by atoms with van der Waals surface area (Å²) in [7, 11) is 0. The number of ether oxygens (including phenoxy) is 2. The average molecular weight is 467 g/mol. The first-order valence-corrected chi connectivity index (χ1v) is 11.1. The van der Waals surface area contributed by atoms with Gasteiger partial charge >= 0.3 is 12.1 Å². The Morgan fingerprint density at radius 1 is 1.09 bits per heavy atom. The van der Waals surface area contributed by atoms with Crippen molar-refractivity contribution in [3.8, 4) is 11.5 Å². The molecule has 2 aromatic carbocycles. The Morgan fingerprint density at radius 2 is 1.82 bits per heavy atom. The van der Waals surface area contributed by atoms with Crippen LogP contribution in [0.4, 0.5) is 4.79 Å². The predicted octanol–water partition coefficient (Wildman–Crippen LogP) is 5.12. The molecular weight excluding hydrogens is 436 g/mol. The molecular formula is C26H30N2O6. The van der Waals surface area contributed by atoms with Crippen molar-refractivity contribution in [2.24, 2.45) is 0 Å². The summed E-state index contributed by atoms with van der Waals surface area (Å²) >= 11 is 0. The highest BCUT2D eigenvalue weighted by Crippen LogP contribution is 2.21. The highest BCUT2D eigenvalue weighted by molar-refractivity contribution is 5.78. The molecule has 1 heterocycles. The van der Waals surface area contributed by atoms with Gasteiger partial charge in [-0.3, -0.25) is 9.69 Å². The Kier molecular flexibility index (Phi) is 8.29. The van der Waals surface area contributed by atoms with Crippen molar-refractivity contribution in [2.45, 2.75) is 46.6 Å². The molecule has 0 aliphatic heterocycles. The summed E-state index contributed by atoms with van der Waals surface area (Å²) in [5, 5.41) is 9.27. The number of carbonyl (C=O) groups excluding carboxylic acids is 1. The molecule has 0 saturated heterocycles. The predicted molar refractivity (Wildman–Crippen MR) is 126 cm³/mol. The number of oxazole rings is 1. The SMILES string of the molecule is Cc1nc(CCOc2ccc(CN(CC(=O)O)C(=O)Oc3cccc(C(C)C)c3)cc2)c(C)o1. The maximum absolute atomic E-state index is 12.7. The van der Waals surface area contributed by atoms with Gasteiger partial charge in [-0.1, -0.05) is 38.1 Å². The van der Waals surface area contributed by atoms with Gasteiger partial charge in [-0.15, -0.1) is 0 Å². The molecule has 0 aliphatic rings. The van der Waals surface area contributed by atoms with Gasteiger partial charge in [0.05, 0.1) is 12.3 Å². The number of benzene rings is 2. The van der Waals surface area contributed by atoms with E-state index in [1.165, 1.54) is 0 Å². The minimum Gasteiger partial charge on any atom is -0.493 e. The molecule has 0 radical (unpaired) electrons. The van der Waals surface area contributed by atoms with E-state index in [0.717, 1.165) is 27.5 Å². The minimum atomic E-state index is -1.12. The van der Waals surface area contributed by atoms with Crippen molar-refractivity contribution in [1.82, 2.24) is 9.88 Å². The van der Waals surface area contributed by atoms with E-state index in [9.17, 15) is 14.7 Å². The zero-order valence-electron chi connectivity index (χ0n) is 19.9. The summed E-state index contributed by atoms with van der Waals surface area (Å²) in [6.45, 7) is 7.83. The van der Waals surface area contributed by atoms with E-state index < -0.39 is 18.6 Å². The number of carbonyl (C=O) groups is 2. The number of amides is 1. The lowest BCUT2D eigenvalue weighted by Gasteiger charge is -2.20. The maximum atomic E-state index is 12.7. The Balaban J connectivity index is 1.59. The molecule has 180 valence electrons. The highest BCUT2D eigenvalue weighted by Gasteiger charge is 2.20. The van der Waals surface area contributed by atoms with Gasteiger partial charge in [0.25, 0.3) is 0 Å². The molecule has 3 aromatic rings. The van der Waals surface area contributed by atoms with E-state index in [4.69, 9.17) is 13.9 Å². The molecule has 1 N–H and O–H groups in total. The van der Waals surface area contributed by atoms with E-state index >= 15 is 0 Å². The Morgan fingerprint density at radius 3 is 2.44 bits per heavy atom. The average Bonchev–Trinajstić information content (AvgIpc) is 3.11. The van der Waals surface area contributed by atoms with Crippen molar-refractivity contribution in [2.75, 3.05) is 13.2 Å². The first-order chi connectivity index (χ1) is 16.2. The number of aryl methyl sites for hydroxylation is 2. The summed E-state index contributed by atoms with van der Waals surface area (Å²) in [5.74, 6) is 1.63. The first-order valence-electron chi connectivity index (χ1n) is 11.1. The molecule has 1 amide bonds. The van der Waals surface area contributed by atoms with Crippen molar-refractivity contribution in [1.29, 1.82) is 0 Å². The molecule has 0 fully saturated rings. The minimum absolute atomic E-state index is 0.0900. The number of hydrogen-bond donors (Lipinski definition) is 1. The smallest absolute Gasteiger partial charge is 0.416 e. The molecule has 3 rings (SSSR count). The Hall–Kier alpha value is -3.81. The Bertz CT molecular complexity index is 1120.